The maximum Gasteiger partial charge on any atom is 0.252 e. The minimum absolute atomic E-state index is 0.0807. The Balaban J connectivity index is 2.43. The lowest BCUT2D eigenvalue weighted by Gasteiger charge is -2.37. The summed E-state index contributed by atoms with van der Waals surface area (Å²) in [4.78, 5) is 2.26. The highest BCUT2D eigenvalue weighted by Crippen LogP contribution is 2.35. The van der Waals surface area contributed by atoms with E-state index >= 15 is 0 Å². The van der Waals surface area contributed by atoms with E-state index in [4.69, 9.17) is 5.73 Å². The van der Waals surface area contributed by atoms with Gasteiger partial charge in [0.1, 0.15) is 0 Å². The number of likely N-dealkylation sites (tertiary alicyclic amines) is 1. The minimum atomic E-state index is -2.56. The second-order valence-corrected chi connectivity index (χ2v) is 4.70. The smallest absolute Gasteiger partial charge is 0.252 e. The van der Waals surface area contributed by atoms with Crippen LogP contribution in [0.5, 0.6) is 0 Å². The molecule has 0 radical (unpaired) electrons. The average molecular weight is 220 g/mol. The van der Waals surface area contributed by atoms with Crippen LogP contribution in [0.25, 0.3) is 0 Å². The van der Waals surface area contributed by atoms with Crippen LogP contribution in [0.4, 0.5) is 8.78 Å². The van der Waals surface area contributed by atoms with E-state index in [0.29, 0.717) is 18.9 Å². The first-order valence-electron chi connectivity index (χ1n) is 5.79. The van der Waals surface area contributed by atoms with Crippen LogP contribution in [0.1, 0.15) is 33.1 Å². The van der Waals surface area contributed by atoms with E-state index in [2.05, 4.69) is 18.7 Å². The molecule has 1 saturated heterocycles. The number of nitrogens with two attached hydrogens (primary N) is 1. The quantitative estimate of drug-likeness (QED) is 0.786. The Morgan fingerprint density at radius 3 is 2.27 bits per heavy atom. The summed E-state index contributed by atoms with van der Waals surface area (Å²) in [5, 5.41) is 0. The van der Waals surface area contributed by atoms with Gasteiger partial charge in [-0.2, -0.15) is 0 Å². The van der Waals surface area contributed by atoms with Gasteiger partial charge in [-0.25, -0.2) is 8.78 Å². The highest BCUT2D eigenvalue weighted by Gasteiger charge is 2.40. The topological polar surface area (TPSA) is 29.3 Å². The van der Waals surface area contributed by atoms with Gasteiger partial charge < -0.3 is 10.6 Å². The number of hydrogen-bond donors (Lipinski definition) is 1. The molecule has 0 atom stereocenters. The van der Waals surface area contributed by atoms with Gasteiger partial charge in [0.25, 0.3) is 5.92 Å². The molecule has 0 aromatic rings. The van der Waals surface area contributed by atoms with Crippen molar-refractivity contribution in [2.45, 2.75) is 45.1 Å². The Kier molecular flexibility index (Phi) is 4.46. The Morgan fingerprint density at radius 2 is 1.87 bits per heavy atom. The Morgan fingerprint density at radius 1 is 1.33 bits per heavy atom. The molecule has 2 N–H and O–H groups in total. The zero-order valence-electron chi connectivity index (χ0n) is 9.68. The monoisotopic (exact) mass is 220 g/mol. The summed E-state index contributed by atoms with van der Waals surface area (Å²) in [6.07, 6.45) is 1.04. The summed E-state index contributed by atoms with van der Waals surface area (Å²) in [6.45, 7) is 5.89. The molecular formula is C11H22F2N2. The Bertz CT molecular complexity index is 187. The minimum Gasteiger partial charge on any atom is -0.330 e. The van der Waals surface area contributed by atoms with Crippen molar-refractivity contribution in [2.24, 2.45) is 11.7 Å². The largest absolute Gasteiger partial charge is 0.330 e. The summed E-state index contributed by atoms with van der Waals surface area (Å²) in [6, 6.07) is 0.467. The highest BCUT2D eigenvalue weighted by atomic mass is 19.3. The van der Waals surface area contributed by atoms with Crippen molar-refractivity contribution in [3.63, 3.8) is 0 Å². The third-order valence-corrected chi connectivity index (χ3v) is 3.33. The summed E-state index contributed by atoms with van der Waals surface area (Å²) >= 11 is 0. The molecule has 1 rings (SSSR count). The van der Waals surface area contributed by atoms with Crippen molar-refractivity contribution in [2.75, 3.05) is 19.6 Å². The van der Waals surface area contributed by atoms with Crippen molar-refractivity contribution in [1.82, 2.24) is 4.90 Å². The summed E-state index contributed by atoms with van der Waals surface area (Å²) < 4.78 is 27.1. The van der Waals surface area contributed by atoms with Crippen LogP contribution in [0, 0.1) is 5.92 Å². The molecule has 15 heavy (non-hydrogen) atoms. The fourth-order valence-electron chi connectivity index (χ4n) is 2.23. The molecule has 0 bridgehead atoms. The van der Waals surface area contributed by atoms with Gasteiger partial charge >= 0.3 is 0 Å². The van der Waals surface area contributed by atoms with Crippen molar-refractivity contribution in [3.8, 4) is 0 Å². The first-order valence-corrected chi connectivity index (χ1v) is 5.79. The lowest BCUT2D eigenvalue weighted by atomic mass is 9.88. The molecule has 0 aliphatic carbocycles. The summed E-state index contributed by atoms with van der Waals surface area (Å²) in [7, 11) is 0. The fraction of sp³-hybridized carbons (Fsp3) is 1.00. The second-order valence-electron chi connectivity index (χ2n) is 4.70. The van der Waals surface area contributed by atoms with E-state index in [-0.39, 0.29) is 13.0 Å². The lowest BCUT2D eigenvalue weighted by Crippen LogP contribution is -2.43. The van der Waals surface area contributed by atoms with Crippen LogP contribution >= 0.6 is 0 Å². The molecule has 2 nitrogen and oxygen atoms in total. The van der Waals surface area contributed by atoms with E-state index < -0.39 is 11.8 Å². The van der Waals surface area contributed by atoms with Gasteiger partial charge in [-0.3, -0.25) is 0 Å². The zero-order valence-corrected chi connectivity index (χ0v) is 9.68. The molecule has 0 unspecified atom stereocenters. The van der Waals surface area contributed by atoms with Crippen molar-refractivity contribution in [3.05, 3.63) is 0 Å². The summed E-state index contributed by atoms with van der Waals surface area (Å²) in [5.41, 5.74) is 5.21. The van der Waals surface area contributed by atoms with E-state index in [1.54, 1.807) is 0 Å². The van der Waals surface area contributed by atoms with Gasteiger partial charge in [-0.15, -0.1) is 0 Å². The molecule has 0 spiro atoms. The van der Waals surface area contributed by atoms with Crippen molar-refractivity contribution < 1.29 is 8.78 Å². The van der Waals surface area contributed by atoms with Crippen LogP contribution in [-0.4, -0.2) is 36.5 Å². The van der Waals surface area contributed by atoms with Crippen molar-refractivity contribution in [1.29, 1.82) is 0 Å². The number of hydrogen-bond acceptors (Lipinski definition) is 2. The molecule has 0 aromatic carbocycles. The van der Waals surface area contributed by atoms with E-state index in [1.165, 1.54) is 0 Å². The number of piperidine rings is 1. The van der Waals surface area contributed by atoms with Crippen LogP contribution in [0.2, 0.25) is 0 Å². The molecule has 1 aliphatic heterocycles. The number of rotatable bonds is 4. The highest BCUT2D eigenvalue weighted by molar-refractivity contribution is 4.83. The number of nitrogens with zero attached hydrogens (tertiary/aromatic N) is 1. The zero-order chi connectivity index (χ0) is 11.5. The summed E-state index contributed by atoms with van der Waals surface area (Å²) in [5.74, 6) is -3.02. The predicted molar refractivity (Wildman–Crippen MR) is 58.1 cm³/mol. The molecule has 1 heterocycles. The van der Waals surface area contributed by atoms with Crippen LogP contribution in [0.3, 0.4) is 0 Å². The van der Waals surface area contributed by atoms with Crippen molar-refractivity contribution >= 4 is 0 Å². The van der Waals surface area contributed by atoms with Crippen LogP contribution < -0.4 is 5.73 Å². The molecule has 1 fully saturated rings. The Labute approximate surface area is 90.8 Å². The first kappa shape index (κ1) is 12.8. The second kappa shape index (κ2) is 5.21. The van der Waals surface area contributed by atoms with Crippen LogP contribution in [-0.2, 0) is 0 Å². The predicted octanol–water partition coefficient (Wildman–Crippen LogP) is 2.09. The number of halogens is 2. The molecule has 0 amide bonds. The van der Waals surface area contributed by atoms with E-state index in [0.717, 1.165) is 13.1 Å². The third-order valence-electron chi connectivity index (χ3n) is 3.33. The standard InChI is InChI=1S/C11H22F2N2/c1-9(2)15-7-3-10(4-8-15)11(12,13)5-6-14/h9-10H,3-8,14H2,1-2H3. The molecule has 0 aromatic heterocycles. The molecule has 4 heteroatoms. The SMILES string of the molecule is CC(C)N1CCC(C(F)(F)CCN)CC1. The van der Waals surface area contributed by atoms with E-state index in [9.17, 15) is 8.78 Å². The third kappa shape index (κ3) is 3.38. The maximum absolute atomic E-state index is 13.5. The normalized spacial score (nSPS) is 21.2. The lowest BCUT2D eigenvalue weighted by molar-refractivity contribution is -0.0847. The molecule has 90 valence electrons. The molecule has 0 saturated carbocycles. The average Bonchev–Trinajstić information content (AvgIpc) is 2.18. The van der Waals surface area contributed by atoms with Gasteiger partial charge in [0.05, 0.1) is 0 Å². The van der Waals surface area contributed by atoms with Crippen LogP contribution in [0.15, 0.2) is 0 Å². The van der Waals surface area contributed by atoms with Gasteiger partial charge in [0.2, 0.25) is 0 Å². The first-order chi connectivity index (χ1) is 6.97. The maximum atomic E-state index is 13.5. The van der Waals surface area contributed by atoms with E-state index in [1.807, 2.05) is 0 Å². The Hall–Kier alpha value is -0.220. The van der Waals surface area contributed by atoms with Gasteiger partial charge in [-0.1, -0.05) is 0 Å². The van der Waals surface area contributed by atoms with Gasteiger partial charge in [0.15, 0.2) is 0 Å². The molecular weight excluding hydrogens is 198 g/mol. The van der Waals surface area contributed by atoms with Gasteiger partial charge in [-0.05, 0) is 46.3 Å². The van der Waals surface area contributed by atoms with Gasteiger partial charge in [0, 0.05) is 18.4 Å². The number of alkyl halides is 2. The molecule has 1 aliphatic rings. The fourth-order valence-corrected chi connectivity index (χ4v) is 2.23.